The van der Waals surface area contributed by atoms with Gasteiger partial charge >= 0.3 is 5.97 Å². The Morgan fingerprint density at radius 1 is 1.12 bits per heavy atom. The van der Waals surface area contributed by atoms with Gasteiger partial charge in [0, 0.05) is 25.4 Å². The molecule has 0 atom stereocenters. The van der Waals surface area contributed by atoms with E-state index in [1.807, 2.05) is 19.0 Å². The Bertz CT molecular complexity index is 1150. The number of aryl methyl sites for hydroxylation is 3. The van der Waals surface area contributed by atoms with Crippen molar-refractivity contribution in [3.8, 4) is 5.88 Å². The number of carbonyl (C=O) groups excluding carboxylic acids is 2. The summed E-state index contributed by atoms with van der Waals surface area (Å²) in [5.74, 6) is -0.751. The first-order valence-corrected chi connectivity index (χ1v) is 12.0. The SMILES string of the molecule is Cc1cc(C(=O)c2c(C)nn(C)c2OCC(=O)OCCN(C)C)c(C)c(C)c1S(C)(=O)=O. The Morgan fingerprint density at radius 3 is 2.31 bits per heavy atom. The highest BCUT2D eigenvalue weighted by Gasteiger charge is 2.27. The van der Waals surface area contributed by atoms with Crippen LogP contribution >= 0.6 is 0 Å². The predicted molar refractivity (Wildman–Crippen MR) is 120 cm³/mol. The lowest BCUT2D eigenvalue weighted by molar-refractivity contribution is -0.146. The maximum absolute atomic E-state index is 13.5. The summed E-state index contributed by atoms with van der Waals surface area (Å²) in [4.78, 5) is 27.6. The highest BCUT2D eigenvalue weighted by molar-refractivity contribution is 7.90. The molecule has 0 bridgehead atoms. The van der Waals surface area contributed by atoms with Crippen LogP contribution in [0.25, 0.3) is 0 Å². The van der Waals surface area contributed by atoms with E-state index in [4.69, 9.17) is 9.47 Å². The van der Waals surface area contributed by atoms with E-state index in [0.29, 0.717) is 34.5 Å². The van der Waals surface area contributed by atoms with E-state index >= 15 is 0 Å². The molecule has 10 heteroatoms. The molecule has 0 amide bonds. The van der Waals surface area contributed by atoms with Gasteiger partial charge in [-0.1, -0.05) is 0 Å². The van der Waals surface area contributed by atoms with E-state index in [2.05, 4.69) is 5.10 Å². The number of hydrogen-bond acceptors (Lipinski definition) is 8. The predicted octanol–water partition coefficient (Wildman–Crippen LogP) is 1.77. The summed E-state index contributed by atoms with van der Waals surface area (Å²) in [6.45, 7) is 7.19. The van der Waals surface area contributed by atoms with Crippen molar-refractivity contribution >= 4 is 21.6 Å². The first kappa shape index (κ1) is 25.5. The zero-order chi connectivity index (χ0) is 24.4. The van der Waals surface area contributed by atoms with E-state index in [1.165, 1.54) is 4.68 Å². The van der Waals surface area contributed by atoms with Crippen molar-refractivity contribution < 1.29 is 27.5 Å². The van der Waals surface area contributed by atoms with Gasteiger partial charge in [0.2, 0.25) is 11.7 Å². The summed E-state index contributed by atoms with van der Waals surface area (Å²) in [6.07, 6.45) is 1.15. The zero-order valence-corrected chi connectivity index (χ0v) is 20.7. The smallest absolute Gasteiger partial charge is 0.344 e. The summed E-state index contributed by atoms with van der Waals surface area (Å²) in [5, 5.41) is 4.27. The van der Waals surface area contributed by atoms with E-state index in [0.717, 1.165) is 6.26 Å². The first-order valence-electron chi connectivity index (χ1n) is 10.1. The lowest BCUT2D eigenvalue weighted by atomic mass is 9.94. The van der Waals surface area contributed by atoms with Gasteiger partial charge in [0.1, 0.15) is 12.2 Å². The fraction of sp³-hybridized carbons (Fsp3) is 0.500. The number of hydrogen-bond donors (Lipinski definition) is 0. The van der Waals surface area contributed by atoms with Gasteiger partial charge in [0.05, 0.1) is 10.6 Å². The van der Waals surface area contributed by atoms with Crippen molar-refractivity contribution in [3.05, 3.63) is 39.6 Å². The van der Waals surface area contributed by atoms with Crippen LogP contribution in [-0.2, 0) is 26.4 Å². The second kappa shape index (κ2) is 9.83. The van der Waals surface area contributed by atoms with E-state index in [-0.39, 0.29) is 35.3 Å². The van der Waals surface area contributed by atoms with Crippen LogP contribution in [0.15, 0.2) is 11.0 Å². The molecule has 0 aliphatic heterocycles. The van der Waals surface area contributed by atoms with Gasteiger partial charge in [-0.15, -0.1) is 0 Å². The molecule has 0 saturated carbocycles. The maximum atomic E-state index is 13.5. The second-order valence-electron chi connectivity index (χ2n) is 8.12. The fourth-order valence-corrected chi connectivity index (χ4v) is 4.93. The molecule has 9 nitrogen and oxygen atoms in total. The molecule has 0 N–H and O–H groups in total. The van der Waals surface area contributed by atoms with Crippen molar-refractivity contribution in [2.75, 3.05) is 40.1 Å². The molecule has 2 rings (SSSR count). The van der Waals surface area contributed by atoms with Gasteiger partial charge in [-0.25, -0.2) is 17.9 Å². The molecule has 0 saturated heterocycles. The minimum atomic E-state index is -3.44. The molecule has 32 heavy (non-hydrogen) atoms. The van der Waals surface area contributed by atoms with Crippen LogP contribution < -0.4 is 4.74 Å². The van der Waals surface area contributed by atoms with Crippen molar-refractivity contribution in [3.63, 3.8) is 0 Å². The Balaban J connectivity index is 2.37. The number of aromatic nitrogens is 2. The highest BCUT2D eigenvalue weighted by Crippen LogP contribution is 2.31. The molecular weight excluding hydrogens is 434 g/mol. The average molecular weight is 466 g/mol. The van der Waals surface area contributed by atoms with Crippen LogP contribution in [0.3, 0.4) is 0 Å². The van der Waals surface area contributed by atoms with Crippen LogP contribution in [0.1, 0.15) is 38.3 Å². The van der Waals surface area contributed by atoms with Crippen LogP contribution in [0.5, 0.6) is 5.88 Å². The van der Waals surface area contributed by atoms with Gasteiger partial charge in [0.25, 0.3) is 0 Å². The molecule has 0 spiro atoms. The molecule has 0 aliphatic carbocycles. The lowest BCUT2D eigenvalue weighted by Gasteiger charge is -2.15. The van der Waals surface area contributed by atoms with Gasteiger partial charge in [0.15, 0.2) is 16.4 Å². The topological polar surface area (TPSA) is 108 Å². The number of ether oxygens (including phenoxy) is 2. The minimum absolute atomic E-state index is 0.152. The second-order valence-corrected chi connectivity index (χ2v) is 10.1. The molecule has 0 fully saturated rings. The third-order valence-corrected chi connectivity index (χ3v) is 6.54. The summed E-state index contributed by atoms with van der Waals surface area (Å²) in [7, 11) is 1.91. The van der Waals surface area contributed by atoms with E-state index < -0.39 is 15.8 Å². The average Bonchev–Trinajstić information content (AvgIpc) is 2.94. The number of likely N-dealkylation sites (N-methyl/N-ethyl adjacent to an activating group) is 1. The van der Waals surface area contributed by atoms with Gasteiger partial charge in [-0.05, 0) is 64.5 Å². The summed E-state index contributed by atoms with van der Waals surface area (Å²) >= 11 is 0. The number of esters is 1. The Labute approximate surface area is 189 Å². The van der Waals surface area contributed by atoms with Gasteiger partial charge < -0.3 is 14.4 Å². The highest BCUT2D eigenvalue weighted by atomic mass is 32.2. The Kier molecular flexibility index (Phi) is 7.84. The van der Waals surface area contributed by atoms with Gasteiger partial charge in [-0.2, -0.15) is 5.10 Å². The van der Waals surface area contributed by atoms with Crippen molar-refractivity contribution in [2.24, 2.45) is 7.05 Å². The molecule has 0 radical (unpaired) electrons. The third kappa shape index (κ3) is 5.55. The molecule has 1 heterocycles. The van der Waals surface area contributed by atoms with Crippen LogP contribution in [-0.4, -0.2) is 75.0 Å². The maximum Gasteiger partial charge on any atom is 0.344 e. The number of rotatable bonds is 9. The standard InChI is InChI=1S/C22H31N3O6S/c1-13-11-17(14(2)15(3)21(13)32(8,28)29)20(27)19-16(4)23-25(7)22(19)31-12-18(26)30-10-9-24(5)6/h11H,9-10,12H2,1-8H3. The lowest BCUT2D eigenvalue weighted by Crippen LogP contribution is -2.23. The molecule has 1 aromatic carbocycles. The van der Waals surface area contributed by atoms with Crippen LogP contribution in [0.4, 0.5) is 0 Å². The molecule has 176 valence electrons. The van der Waals surface area contributed by atoms with Crippen molar-refractivity contribution in [1.82, 2.24) is 14.7 Å². The normalized spacial score (nSPS) is 11.7. The van der Waals surface area contributed by atoms with Gasteiger partial charge in [-0.3, -0.25) is 4.79 Å². The van der Waals surface area contributed by atoms with Crippen molar-refractivity contribution in [1.29, 1.82) is 0 Å². The number of carbonyl (C=O) groups is 2. The quantitative estimate of drug-likeness (QED) is 0.407. The van der Waals surface area contributed by atoms with E-state index in [1.54, 1.807) is 40.8 Å². The number of nitrogens with zero attached hydrogens (tertiary/aromatic N) is 3. The molecular formula is C22H31N3O6S. The first-order chi connectivity index (χ1) is 14.8. The molecule has 2 aromatic rings. The summed E-state index contributed by atoms with van der Waals surface area (Å²) in [6, 6.07) is 1.58. The summed E-state index contributed by atoms with van der Waals surface area (Å²) in [5.41, 5.74) is 2.62. The summed E-state index contributed by atoms with van der Waals surface area (Å²) < 4.78 is 36.5. The number of benzene rings is 1. The fourth-order valence-electron chi connectivity index (χ4n) is 3.57. The van der Waals surface area contributed by atoms with Crippen molar-refractivity contribution in [2.45, 2.75) is 32.6 Å². The Morgan fingerprint density at radius 2 is 1.75 bits per heavy atom. The number of ketones is 1. The monoisotopic (exact) mass is 465 g/mol. The number of sulfone groups is 1. The molecule has 0 aliphatic rings. The zero-order valence-electron chi connectivity index (χ0n) is 19.9. The molecule has 1 aromatic heterocycles. The minimum Gasteiger partial charge on any atom is -0.465 e. The van der Waals surface area contributed by atoms with E-state index in [9.17, 15) is 18.0 Å². The molecule has 0 unspecified atom stereocenters. The van der Waals surface area contributed by atoms with Crippen LogP contribution in [0.2, 0.25) is 0 Å². The largest absolute Gasteiger partial charge is 0.465 e. The van der Waals surface area contributed by atoms with Crippen LogP contribution in [0, 0.1) is 27.7 Å². The Hall–Kier alpha value is -2.72. The third-order valence-electron chi connectivity index (χ3n) is 5.17.